The summed E-state index contributed by atoms with van der Waals surface area (Å²) in [5.41, 5.74) is 3.15. The summed E-state index contributed by atoms with van der Waals surface area (Å²) in [6, 6.07) is 13.7. The van der Waals surface area contributed by atoms with Gasteiger partial charge in [0, 0.05) is 20.7 Å². The van der Waals surface area contributed by atoms with E-state index >= 15 is 0 Å². The summed E-state index contributed by atoms with van der Waals surface area (Å²) in [7, 11) is 0. The Bertz CT molecular complexity index is 854. The Labute approximate surface area is 118 Å². The van der Waals surface area contributed by atoms with E-state index in [2.05, 4.69) is 16.4 Å². The quantitative estimate of drug-likeness (QED) is 0.492. The van der Waals surface area contributed by atoms with Gasteiger partial charge in [0.1, 0.15) is 5.69 Å². The Balaban J connectivity index is 1.93. The number of benzene rings is 2. The van der Waals surface area contributed by atoms with Crippen LogP contribution in [0.4, 0.5) is 11.4 Å². The zero-order valence-corrected chi connectivity index (χ0v) is 11.1. The van der Waals surface area contributed by atoms with Crippen LogP contribution in [-0.2, 0) is 0 Å². The first-order valence-corrected chi connectivity index (χ1v) is 6.97. The lowest BCUT2D eigenvalue weighted by atomic mass is 10.2. The number of anilines is 2. The Kier molecular flexibility index (Phi) is 2.31. The van der Waals surface area contributed by atoms with Gasteiger partial charge in [-0.3, -0.25) is 0 Å². The number of hydrogen-bond acceptors (Lipinski definition) is 3. The summed E-state index contributed by atoms with van der Waals surface area (Å²) < 4.78 is 0. The number of hydrogen-bond donors (Lipinski definition) is 3. The molecular formula is C15H10N2O2S. The van der Waals surface area contributed by atoms with Crippen LogP contribution in [0.5, 0.6) is 0 Å². The van der Waals surface area contributed by atoms with Crippen molar-refractivity contribution in [3.63, 3.8) is 0 Å². The van der Waals surface area contributed by atoms with Gasteiger partial charge in [-0.2, -0.15) is 0 Å². The number of carboxylic acids is 1. The molecule has 0 fully saturated rings. The minimum Gasteiger partial charge on any atom is -0.477 e. The van der Waals surface area contributed by atoms with E-state index in [0.717, 1.165) is 32.1 Å². The largest absolute Gasteiger partial charge is 0.477 e. The minimum atomic E-state index is -0.941. The molecule has 0 radical (unpaired) electrons. The zero-order valence-electron chi connectivity index (χ0n) is 10.3. The Morgan fingerprint density at radius 1 is 1.10 bits per heavy atom. The molecule has 1 aliphatic heterocycles. The van der Waals surface area contributed by atoms with Crippen molar-refractivity contribution in [3.8, 4) is 0 Å². The van der Waals surface area contributed by atoms with Crippen molar-refractivity contribution in [2.45, 2.75) is 9.79 Å². The summed E-state index contributed by atoms with van der Waals surface area (Å²) in [6.45, 7) is 0. The lowest BCUT2D eigenvalue weighted by molar-refractivity contribution is 0.0691. The van der Waals surface area contributed by atoms with Gasteiger partial charge in [-0.25, -0.2) is 4.79 Å². The fourth-order valence-electron chi connectivity index (χ4n) is 2.41. The lowest BCUT2D eigenvalue weighted by Crippen LogP contribution is -1.99. The normalized spacial score (nSPS) is 12.6. The molecule has 0 amide bonds. The van der Waals surface area contributed by atoms with Gasteiger partial charge in [-0.1, -0.05) is 23.9 Å². The number of H-pyrrole nitrogens is 1. The molecule has 2 heterocycles. The van der Waals surface area contributed by atoms with Crippen LogP contribution in [0.3, 0.4) is 0 Å². The van der Waals surface area contributed by atoms with Gasteiger partial charge in [0.25, 0.3) is 0 Å². The molecule has 0 aliphatic carbocycles. The molecule has 2 aromatic carbocycles. The van der Waals surface area contributed by atoms with Gasteiger partial charge in [0.05, 0.1) is 11.4 Å². The first-order chi connectivity index (χ1) is 9.72. The van der Waals surface area contributed by atoms with E-state index < -0.39 is 5.97 Å². The van der Waals surface area contributed by atoms with Crippen molar-refractivity contribution in [2.75, 3.05) is 5.32 Å². The summed E-state index contributed by atoms with van der Waals surface area (Å²) in [6.07, 6.45) is 0. The van der Waals surface area contributed by atoms with Gasteiger partial charge in [-0.05, 0) is 30.3 Å². The second-order valence-corrected chi connectivity index (χ2v) is 5.67. The van der Waals surface area contributed by atoms with E-state index in [1.165, 1.54) is 0 Å². The molecule has 98 valence electrons. The highest BCUT2D eigenvalue weighted by Gasteiger charge is 2.19. The molecule has 4 nitrogen and oxygen atoms in total. The SMILES string of the molecule is O=C(O)c1cc2c3c(ccc2[nH]1)Nc1ccccc1S3. The van der Waals surface area contributed by atoms with Crippen molar-refractivity contribution in [3.05, 3.63) is 48.2 Å². The Hall–Kier alpha value is -2.40. The second-order valence-electron chi connectivity index (χ2n) is 4.61. The van der Waals surface area contributed by atoms with Crippen molar-refractivity contribution in [1.82, 2.24) is 4.98 Å². The van der Waals surface area contributed by atoms with E-state index in [-0.39, 0.29) is 5.69 Å². The fourth-order valence-corrected chi connectivity index (χ4v) is 3.52. The van der Waals surface area contributed by atoms with Crippen LogP contribution in [0.2, 0.25) is 0 Å². The molecule has 5 heteroatoms. The van der Waals surface area contributed by atoms with Crippen LogP contribution in [0.1, 0.15) is 10.5 Å². The summed E-state index contributed by atoms with van der Waals surface area (Å²) in [4.78, 5) is 16.2. The third-order valence-electron chi connectivity index (χ3n) is 3.35. The first kappa shape index (κ1) is 11.4. The number of fused-ring (bicyclic) bond motifs is 4. The predicted octanol–water partition coefficient (Wildman–Crippen LogP) is 4.07. The highest BCUT2D eigenvalue weighted by atomic mass is 32.2. The van der Waals surface area contributed by atoms with Crippen molar-refractivity contribution >= 4 is 40.0 Å². The van der Waals surface area contributed by atoms with E-state index in [1.807, 2.05) is 30.3 Å². The van der Waals surface area contributed by atoms with Gasteiger partial charge < -0.3 is 15.4 Å². The molecule has 0 saturated carbocycles. The van der Waals surface area contributed by atoms with Crippen molar-refractivity contribution in [1.29, 1.82) is 0 Å². The maximum atomic E-state index is 11.1. The Morgan fingerprint density at radius 3 is 2.80 bits per heavy atom. The molecule has 1 aliphatic rings. The number of nitrogens with one attached hydrogen (secondary N) is 2. The van der Waals surface area contributed by atoms with E-state index in [4.69, 9.17) is 5.11 Å². The first-order valence-electron chi connectivity index (χ1n) is 6.15. The molecule has 1 aromatic heterocycles. The van der Waals surface area contributed by atoms with Crippen molar-refractivity contribution in [2.24, 2.45) is 0 Å². The van der Waals surface area contributed by atoms with E-state index in [1.54, 1.807) is 17.8 Å². The molecule has 20 heavy (non-hydrogen) atoms. The highest BCUT2D eigenvalue weighted by molar-refractivity contribution is 8.00. The Morgan fingerprint density at radius 2 is 1.95 bits per heavy atom. The molecule has 0 atom stereocenters. The third kappa shape index (κ3) is 1.60. The predicted molar refractivity (Wildman–Crippen MR) is 79.1 cm³/mol. The topological polar surface area (TPSA) is 65.1 Å². The fraction of sp³-hybridized carbons (Fsp3) is 0. The maximum absolute atomic E-state index is 11.1. The van der Waals surface area contributed by atoms with Crippen LogP contribution in [0, 0.1) is 0 Å². The number of rotatable bonds is 1. The van der Waals surface area contributed by atoms with Gasteiger partial charge in [0.2, 0.25) is 0 Å². The van der Waals surface area contributed by atoms with E-state index in [9.17, 15) is 4.79 Å². The van der Waals surface area contributed by atoms with E-state index in [0.29, 0.717) is 0 Å². The zero-order chi connectivity index (χ0) is 13.7. The summed E-state index contributed by atoms with van der Waals surface area (Å²) >= 11 is 1.66. The number of carbonyl (C=O) groups is 1. The second kappa shape index (κ2) is 4.05. The number of para-hydroxylation sites is 1. The molecule has 0 spiro atoms. The van der Waals surface area contributed by atoms with Crippen LogP contribution in [0.15, 0.2) is 52.3 Å². The van der Waals surface area contributed by atoms with Crippen LogP contribution < -0.4 is 5.32 Å². The molecule has 3 N–H and O–H groups in total. The van der Waals surface area contributed by atoms with Crippen molar-refractivity contribution < 1.29 is 9.90 Å². The summed E-state index contributed by atoms with van der Waals surface area (Å²) in [5, 5.41) is 13.4. The smallest absolute Gasteiger partial charge is 0.352 e. The van der Waals surface area contributed by atoms with Gasteiger partial charge in [0.15, 0.2) is 0 Å². The molecule has 3 aromatic rings. The monoisotopic (exact) mass is 282 g/mol. The third-order valence-corrected chi connectivity index (χ3v) is 4.57. The number of carboxylic acid groups (broad SMARTS) is 1. The highest BCUT2D eigenvalue weighted by Crippen LogP contribution is 2.47. The van der Waals surface area contributed by atoms with Crippen LogP contribution >= 0.6 is 11.8 Å². The molecular weight excluding hydrogens is 272 g/mol. The molecule has 0 unspecified atom stereocenters. The average Bonchev–Trinajstić information content (AvgIpc) is 2.90. The van der Waals surface area contributed by atoms with Gasteiger partial charge in [-0.15, -0.1) is 0 Å². The van der Waals surface area contributed by atoms with Crippen LogP contribution in [-0.4, -0.2) is 16.1 Å². The number of aromatic carboxylic acids is 1. The molecule has 4 rings (SSSR count). The minimum absolute atomic E-state index is 0.216. The van der Waals surface area contributed by atoms with Gasteiger partial charge >= 0.3 is 5.97 Å². The molecule has 0 saturated heterocycles. The molecule has 0 bridgehead atoms. The number of aromatic amines is 1. The maximum Gasteiger partial charge on any atom is 0.352 e. The van der Waals surface area contributed by atoms with Crippen LogP contribution in [0.25, 0.3) is 10.9 Å². The average molecular weight is 282 g/mol. The summed E-state index contributed by atoms with van der Waals surface area (Å²) in [5.74, 6) is -0.941. The lowest BCUT2D eigenvalue weighted by Gasteiger charge is -2.21. The standard InChI is InChI=1S/C15H10N2O2S/c18-15(19)12-7-8-9(16-12)5-6-11-14(8)20-13-4-2-1-3-10(13)17-11/h1-7,16-17H,(H,18,19). The number of aromatic nitrogens is 1.